The Balaban J connectivity index is 1.52. The van der Waals surface area contributed by atoms with E-state index in [4.69, 9.17) is 0 Å². The van der Waals surface area contributed by atoms with Crippen LogP contribution in [0.2, 0.25) is 0 Å². The van der Waals surface area contributed by atoms with E-state index in [9.17, 15) is 4.79 Å². The molecule has 102 valence electrons. The predicted molar refractivity (Wildman–Crippen MR) is 76.0 cm³/mol. The van der Waals surface area contributed by atoms with Crippen molar-refractivity contribution in [3.63, 3.8) is 0 Å². The third-order valence-electron chi connectivity index (χ3n) is 4.31. The lowest BCUT2D eigenvalue weighted by atomic mass is 9.88. The molecule has 2 aliphatic rings. The van der Waals surface area contributed by atoms with E-state index in [0.29, 0.717) is 18.5 Å². The van der Waals surface area contributed by atoms with Crippen LogP contribution >= 0.6 is 0 Å². The monoisotopic (exact) mass is 258 g/mol. The number of rotatable bonds is 3. The van der Waals surface area contributed by atoms with E-state index in [1.165, 1.54) is 17.5 Å². The van der Waals surface area contributed by atoms with Gasteiger partial charge in [0.25, 0.3) is 0 Å². The Kier molecular flexibility index (Phi) is 3.83. The third kappa shape index (κ3) is 3.16. The molecule has 3 nitrogen and oxygen atoms in total. The zero-order chi connectivity index (χ0) is 13.1. The fourth-order valence-corrected chi connectivity index (χ4v) is 3.26. The van der Waals surface area contributed by atoms with Crippen molar-refractivity contribution in [2.75, 3.05) is 6.54 Å². The number of benzene rings is 1. The number of amides is 1. The van der Waals surface area contributed by atoms with Gasteiger partial charge in [0.05, 0.1) is 0 Å². The molecule has 1 aromatic rings. The van der Waals surface area contributed by atoms with Crippen LogP contribution < -0.4 is 10.6 Å². The van der Waals surface area contributed by atoms with Crippen LogP contribution in [0.4, 0.5) is 0 Å². The molecular formula is C16H22N2O. The highest BCUT2D eigenvalue weighted by molar-refractivity contribution is 5.77. The topological polar surface area (TPSA) is 41.1 Å². The van der Waals surface area contributed by atoms with Gasteiger partial charge < -0.3 is 10.6 Å². The van der Waals surface area contributed by atoms with E-state index < -0.39 is 0 Å². The van der Waals surface area contributed by atoms with E-state index >= 15 is 0 Å². The van der Waals surface area contributed by atoms with Crippen LogP contribution in [0.5, 0.6) is 0 Å². The average Bonchev–Trinajstić information content (AvgIpc) is 2.91. The van der Waals surface area contributed by atoms with Crippen LogP contribution in [0, 0.1) is 0 Å². The molecule has 3 heteroatoms. The van der Waals surface area contributed by atoms with E-state index in [1.54, 1.807) is 0 Å². The summed E-state index contributed by atoms with van der Waals surface area (Å²) in [6.07, 6.45) is 6.12. The molecule has 1 aliphatic carbocycles. The molecule has 1 aromatic carbocycles. The lowest BCUT2D eigenvalue weighted by Gasteiger charge is -2.26. The Labute approximate surface area is 114 Å². The summed E-state index contributed by atoms with van der Waals surface area (Å²) in [5.74, 6) is 0.212. The normalized spacial score (nSPS) is 25.9. The first-order valence-electron chi connectivity index (χ1n) is 7.41. The van der Waals surface area contributed by atoms with Crippen molar-refractivity contribution in [3.05, 3.63) is 35.4 Å². The fraction of sp³-hybridized carbons (Fsp3) is 0.562. The summed E-state index contributed by atoms with van der Waals surface area (Å²) >= 11 is 0. The second kappa shape index (κ2) is 5.74. The smallest absolute Gasteiger partial charge is 0.221 e. The molecular weight excluding hydrogens is 236 g/mol. The Morgan fingerprint density at radius 2 is 2.11 bits per heavy atom. The number of hydrogen-bond donors (Lipinski definition) is 2. The maximum Gasteiger partial charge on any atom is 0.221 e. The number of aryl methyl sites for hydroxylation is 1. The summed E-state index contributed by atoms with van der Waals surface area (Å²) in [6, 6.07) is 9.30. The molecule has 0 radical (unpaired) electrons. The van der Waals surface area contributed by atoms with Gasteiger partial charge in [-0.05, 0) is 49.8 Å². The molecule has 0 saturated carbocycles. The van der Waals surface area contributed by atoms with Crippen molar-refractivity contribution in [3.8, 4) is 0 Å². The summed E-state index contributed by atoms with van der Waals surface area (Å²) in [7, 11) is 0. The Hall–Kier alpha value is -1.35. The molecule has 1 heterocycles. The van der Waals surface area contributed by atoms with Crippen molar-refractivity contribution in [2.45, 2.75) is 50.6 Å². The first-order valence-corrected chi connectivity index (χ1v) is 7.41. The van der Waals surface area contributed by atoms with Crippen LogP contribution in [0.15, 0.2) is 24.3 Å². The van der Waals surface area contributed by atoms with E-state index in [2.05, 4.69) is 34.9 Å². The number of carbonyl (C=O) groups excluding carboxylic acids is 1. The highest BCUT2D eigenvalue weighted by Gasteiger charge is 2.22. The first kappa shape index (κ1) is 12.7. The minimum absolute atomic E-state index is 0.212. The second-order valence-corrected chi connectivity index (χ2v) is 5.77. The van der Waals surface area contributed by atoms with Crippen molar-refractivity contribution < 1.29 is 4.79 Å². The van der Waals surface area contributed by atoms with Gasteiger partial charge in [-0.1, -0.05) is 24.3 Å². The van der Waals surface area contributed by atoms with Crippen LogP contribution in [0.1, 0.15) is 36.8 Å². The van der Waals surface area contributed by atoms with Crippen molar-refractivity contribution in [2.24, 2.45) is 0 Å². The zero-order valence-corrected chi connectivity index (χ0v) is 11.3. The number of nitrogens with one attached hydrogen (secondary N) is 2. The Morgan fingerprint density at radius 1 is 1.26 bits per heavy atom. The molecule has 2 unspecified atom stereocenters. The molecule has 1 fully saturated rings. The lowest BCUT2D eigenvalue weighted by Crippen LogP contribution is -2.41. The van der Waals surface area contributed by atoms with Gasteiger partial charge >= 0.3 is 0 Å². The summed E-state index contributed by atoms with van der Waals surface area (Å²) < 4.78 is 0. The first-order chi connectivity index (χ1) is 9.31. The summed E-state index contributed by atoms with van der Waals surface area (Å²) in [4.78, 5) is 12.0. The van der Waals surface area contributed by atoms with Gasteiger partial charge in [-0.15, -0.1) is 0 Å². The second-order valence-electron chi connectivity index (χ2n) is 5.77. The number of fused-ring (bicyclic) bond motifs is 1. The van der Waals surface area contributed by atoms with Crippen molar-refractivity contribution in [1.82, 2.24) is 10.6 Å². The largest absolute Gasteiger partial charge is 0.353 e. The molecule has 1 saturated heterocycles. The third-order valence-corrected chi connectivity index (χ3v) is 4.31. The van der Waals surface area contributed by atoms with Crippen molar-refractivity contribution >= 4 is 5.91 Å². The van der Waals surface area contributed by atoms with E-state index in [0.717, 1.165) is 32.2 Å². The fourth-order valence-electron chi connectivity index (χ4n) is 3.26. The molecule has 0 spiro atoms. The molecule has 3 rings (SSSR count). The minimum Gasteiger partial charge on any atom is -0.353 e. The van der Waals surface area contributed by atoms with Crippen LogP contribution in [-0.4, -0.2) is 24.5 Å². The molecule has 1 aliphatic heterocycles. The molecule has 2 N–H and O–H groups in total. The van der Waals surface area contributed by atoms with Gasteiger partial charge in [-0.3, -0.25) is 4.79 Å². The van der Waals surface area contributed by atoms with Gasteiger partial charge in [0.2, 0.25) is 5.91 Å². The van der Waals surface area contributed by atoms with Crippen LogP contribution in [-0.2, 0) is 17.6 Å². The Morgan fingerprint density at radius 3 is 2.89 bits per heavy atom. The SMILES string of the molecule is O=C(CC1CCCN1)NC1CCc2ccccc2C1. The molecule has 1 amide bonds. The molecule has 19 heavy (non-hydrogen) atoms. The van der Waals surface area contributed by atoms with Gasteiger partial charge in [0, 0.05) is 18.5 Å². The summed E-state index contributed by atoms with van der Waals surface area (Å²) in [5.41, 5.74) is 2.85. The van der Waals surface area contributed by atoms with Gasteiger partial charge in [-0.2, -0.15) is 0 Å². The predicted octanol–water partition coefficient (Wildman–Crippen LogP) is 1.80. The van der Waals surface area contributed by atoms with Gasteiger partial charge in [0.15, 0.2) is 0 Å². The van der Waals surface area contributed by atoms with E-state index in [1.807, 2.05) is 0 Å². The molecule has 0 bridgehead atoms. The average molecular weight is 258 g/mol. The van der Waals surface area contributed by atoms with Gasteiger partial charge in [0.1, 0.15) is 0 Å². The number of carbonyl (C=O) groups is 1. The maximum atomic E-state index is 12.0. The number of hydrogen-bond acceptors (Lipinski definition) is 2. The standard InChI is InChI=1S/C16H22N2O/c19-16(11-14-6-3-9-17-14)18-15-8-7-12-4-1-2-5-13(12)10-15/h1-2,4-5,14-15,17H,3,6-11H2,(H,18,19). The zero-order valence-electron chi connectivity index (χ0n) is 11.3. The van der Waals surface area contributed by atoms with E-state index in [-0.39, 0.29) is 5.91 Å². The van der Waals surface area contributed by atoms with Gasteiger partial charge in [-0.25, -0.2) is 0 Å². The molecule has 2 atom stereocenters. The quantitative estimate of drug-likeness (QED) is 0.868. The maximum absolute atomic E-state index is 12.0. The molecule has 0 aromatic heterocycles. The minimum atomic E-state index is 0.212. The lowest BCUT2D eigenvalue weighted by molar-refractivity contribution is -0.122. The van der Waals surface area contributed by atoms with Crippen LogP contribution in [0.3, 0.4) is 0 Å². The summed E-state index contributed by atoms with van der Waals surface area (Å²) in [5, 5.41) is 6.59. The Bertz CT molecular complexity index is 452. The van der Waals surface area contributed by atoms with Crippen molar-refractivity contribution in [1.29, 1.82) is 0 Å². The highest BCUT2D eigenvalue weighted by Crippen LogP contribution is 2.21. The summed E-state index contributed by atoms with van der Waals surface area (Å²) in [6.45, 7) is 1.06. The van der Waals surface area contributed by atoms with Crippen LogP contribution in [0.25, 0.3) is 0 Å². The highest BCUT2D eigenvalue weighted by atomic mass is 16.1.